The van der Waals surface area contributed by atoms with Crippen LogP contribution in [-0.4, -0.2) is 35.7 Å². The van der Waals surface area contributed by atoms with E-state index in [-0.39, 0.29) is 17.0 Å². The average Bonchev–Trinajstić information content (AvgIpc) is 2.21. The van der Waals surface area contributed by atoms with Crippen molar-refractivity contribution >= 4 is 0 Å². The van der Waals surface area contributed by atoms with Crippen LogP contribution in [0.1, 0.15) is 47.5 Å². The SMILES string of the molecule is COC1CC(C)(C)N(CC(C)C#N)C(C)(C)C1. The monoisotopic (exact) mass is 238 g/mol. The summed E-state index contributed by atoms with van der Waals surface area (Å²) in [7, 11) is 1.80. The van der Waals surface area contributed by atoms with Crippen molar-refractivity contribution in [1.82, 2.24) is 4.90 Å². The Morgan fingerprint density at radius 3 is 2.12 bits per heavy atom. The molecule has 1 aliphatic rings. The summed E-state index contributed by atoms with van der Waals surface area (Å²) >= 11 is 0. The zero-order chi connectivity index (χ0) is 13.3. The van der Waals surface area contributed by atoms with Gasteiger partial charge in [0, 0.05) is 24.7 Å². The lowest BCUT2D eigenvalue weighted by atomic mass is 9.77. The summed E-state index contributed by atoms with van der Waals surface area (Å²) in [6.45, 7) is 11.9. The lowest BCUT2D eigenvalue weighted by Gasteiger charge is -2.55. The van der Waals surface area contributed by atoms with Crippen molar-refractivity contribution in [2.24, 2.45) is 5.92 Å². The summed E-state index contributed by atoms with van der Waals surface area (Å²) in [5.74, 6) is 0.0765. The Morgan fingerprint density at radius 1 is 1.29 bits per heavy atom. The third kappa shape index (κ3) is 3.20. The Morgan fingerprint density at radius 2 is 1.76 bits per heavy atom. The minimum Gasteiger partial charge on any atom is -0.381 e. The van der Waals surface area contributed by atoms with Gasteiger partial charge < -0.3 is 4.74 Å². The standard InChI is InChI=1S/C14H26N2O/c1-11(9-15)10-16-13(2,3)7-12(17-6)8-14(16,4)5/h11-12H,7-8,10H2,1-6H3. The van der Waals surface area contributed by atoms with Crippen LogP contribution in [0, 0.1) is 17.2 Å². The second kappa shape index (κ2) is 4.96. The number of likely N-dealkylation sites (tertiary alicyclic amines) is 1. The van der Waals surface area contributed by atoms with Gasteiger partial charge in [0.1, 0.15) is 0 Å². The fraction of sp³-hybridized carbons (Fsp3) is 0.929. The Bertz CT molecular complexity index is 286. The number of piperidine rings is 1. The van der Waals surface area contributed by atoms with Crippen molar-refractivity contribution in [3.8, 4) is 6.07 Å². The predicted octanol–water partition coefficient (Wildman–Crippen LogP) is 2.81. The molecule has 0 saturated carbocycles. The molecular formula is C14H26N2O. The molecule has 1 fully saturated rings. The van der Waals surface area contributed by atoms with Crippen molar-refractivity contribution in [3.63, 3.8) is 0 Å². The smallest absolute Gasteiger partial charge is 0.0666 e. The van der Waals surface area contributed by atoms with Gasteiger partial charge in [0.05, 0.1) is 18.1 Å². The molecule has 17 heavy (non-hydrogen) atoms. The maximum Gasteiger partial charge on any atom is 0.0666 e. The van der Waals surface area contributed by atoms with Crippen LogP contribution in [0.25, 0.3) is 0 Å². The van der Waals surface area contributed by atoms with Crippen LogP contribution in [-0.2, 0) is 4.74 Å². The number of ether oxygens (including phenoxy) is 1. The third-order valence-corrected chi connectivity index (χ3v) is 3.93. The van der Waals surface area contributed by atoms with E-state index < -0.39 is 0 Å². The first kappa shape index (κ1) is 14.5. The van der Waals surface area contributed by atoms with E-state index in [1.807, 2.05) is 6.92 Å². The van der Waals surface area contributed by atoms with E-state index in [1.54, 1.807) is 7.11 Å². The first-order valence-electron chi connectivity index (χ1n) is 6.43. The molecule has 0 radical (unpaired) electrons. The highest BCUT2D eigenvalue weighted by Crippen LogP contribution is 2.39. The average molecular weight is 238 g/mol. The minimum absolute atomic E-state index is 0.0765. The molecule has 0 aliphatic carbocycles. The fourth-order valence-corrected chi connectivity index (χ4v) is 3.20. The van der Waals surface area contributed by atoms with Crippen LogP contribution in [0.3, 0.4) is 0 Å². The molecule has 1 rings (SSSR count). The molecule has 1 saturated heterocycles. The zero-order valence-electron chi connectivity index (χ0n) is 12.1. The maximum absolute atomic E-state index is 9.00. The molecule has 3 nitrogen and oxygen atoms in total. The maximum atomic E-state index is 9.00. The first-order chi connectivity index (χ1) is 7.73. The summed E-state index contributed by atoms with van der Waals surface area (Å²) in [4.78, 5) is 2.48. The fourth-order valence-electron chi connectivity index (χ4n) is 3.20. The van der Waals surface area contributed by atoms with E-state index in [0.29, 0.717) is 6.10 Å². The van der Waals surface area contributed by atoms with Crippen molar-refractivity contribution in [3.05, 3.63) is 0 Å². The van der Waals surface area contributed by atoms with Gasteiger partial charge in [-0.1, -0.05) is 0 Å². The van der Waals surface area contributed by atoms with E-state index >= 15 is 0 Å². The van der Waals surface area contributed by atoms with Crippen LogP contribution in [0.2, 0.25) is 0 Å². The third-order valence-electron chi connectivity index (χ3n) is 3.93. The molecule has 0 bridgehead atoms. The van der Waals surface area contributed by atoms with Crippen LogP contribution in [0.5, 0.6) is 0 Å². The molecule has 1 heterocycles. The first-order valence-corrected chi connectivity index (χ1v) is 6.43. The molecule has 0 aromatic carbocycles. The lowest BCUT2D eigenvalue weighted by molar-refractivity contribution is -0.0955. The topological polar surface area (TPSA) is 36.3 Å². The van der Waals surface area contributed by atoms with Gasteiger partial charge in [-0.3, -0.25) is 4.90 Å². The molecule has 0 spiro atoms. The number of rotatable bonds is 3. The van der Waals surface area contributed by atoms with E-state index in [4.69, 9.17) is 10.00 Å². The van der Waals surface area contributed by atoms with Crippen LogP contribution in [0.15, 0.2) is 0 Å². The highest BCUT2D eigenvalue weighted by Gasteiger charge is 2.45. The minimum atomic E-state index is 0.0765. The number of hydrogen-bond acceptors (Lipinski definition) is 3. The van der Waals surface area contributed by atoms with Crippen LogP contribution >= 0.6 is 0 Å². The van der Waals surface area contributed by atoms with Crippen LogP contribution < -0.4 is 0 Å². The molecule has 1 unspecified atom stereocenters. The van der Waals surface area contributed by atoms with Gasteiger partial charge in [-0.2, -0.15) is 5.26 Å². The van der Waals surface area contributed by atoms with Gasteiger partial charge in [-0.25, -0.2) is 0 Å². The zero-order valence-corrected chi connectivity index (χ0v) is 12.1. The quantitative estimate of drug-likeness (QED) is 0.758. The molecule has 1 aliphatic heterocycles. The highest BCUT2D eigenvalue weighted by atomic mass is 16.5. The summed E-state index contributed by atoms with van der Waals surface area (Å²) in [5.41, 5.74) is 0.182. The van der Waals surface area contributed by atoms with Gasteiger partial charge in [0.25, 0.3) is 0 Å². The van der Waals surface area contributed by atoms with Crippen molar-refractivity contribution in [2.45, 2.75) is 64.6 Å². The number of nitriles is 1. The Labute approximate surface area is 106 Å². The van der Waals surface area contributed by atoms with Gasteiger partial charge in [0.2, 0.25) is 0 Å². The summed E-state index contributed by atoms with van der Waals surface area (Å²) in [6, 6.07) is 2.34. The highest BCUT2D eigenvalue weighted by molar-refractivity contribution is 5.02. The largest absolute Gasteiger partial charge is 0.381 e. The van der Waals surface area contributed by atoms with Gasteiger partial charge in [-0.15, -0.1) is 0 Å². The lowest BCUT2D eigenvalue weighted by Crippen LogP contribution is -2.62. The van der Waals surface area contributed by atoms with Crippen molar-refractivity contribution in [2.75, 3.05) is 13.7 Å². The molecule has 1 atom stereocenters. The predicted molar refractivity (Wildman–Crippen MR) is 69.7 cm³/mol. The summed E-state index contributed by atoms with van der Waals surface area (Å²) in [6.07, 6.45) is 2.39. The van der Waals surface area contributed by atoms with E-state index in [9.17, 15) is 0 Å². The van der Waals surface area contributed by atoms with Crippen LogP contribution in [0.4, 0.5) is 0 Å². The normalized spacial score (nSPS) is 26.4. The Balaban J connectivity index is 2.90. The van der Waals surface area contributed by atoms with Crippen molar-refractivity contribution < 1.29 is 4.74 Å². The second-order valence-corrected chi connectivity index (χ2v) is 6.53. The molecule has 0 aromatic rings. The molecular weight excluding hydrogens is 212 g/mol. The van der Waals surface area contributed by atoms with Gasteiger partial charge >= 0.3 is 0 Å². The molecule has 0 aromatic heterocycles. The molecule has 0 N–H and O–H groups in total. The number of nitrogens with zero attached hydrogens (tertiary/aromatic N) is 2. The number of methoxy groups -OCH3 is 1. The molecule has 98 valence electrons. The molecule has 3 heteroatoms. The van der Waals surface area contributed by atoms with E-state index in [2.05, 4.69) is 38.7 Å². The number of hydrogen-bond donors (Lipinski definition) is 0. The summed E-state index contributed by atoms with van der Waals surface area (Å²) < 4.78 is 5.55. The Kier molecular flexibility index (Phi) is 4.22. The van der Waals surface area contributed by atoms with Gasteiger partial charge in [-0.05, 0) is 47.5 Å². The molecule has 0 amide bonds. The van der Waals surface area contributed by atoms with Gasteiger partial charge in [0.15, 0.2) is 0 Å². The van der Waals surface area contributed by atoms with Crippen molar-refractivity contribution in [1.29, 1.82) is 5.26 Å². The van der Waals surface area contributed by atoms with E-state index in [1.165, 1.54) is 0 Å². The second-order valence-electron chi connectivity index (χ2n) is 6.53. The van der Waals surface area contributed by atoms with E-state index in [0.717, 1.165) is 19.4 Å². The Hall–Kier alpha value is -0.590. The summed E-state index contributed by atoms with van der Waals surface area (Å²) in [5, 5.41) is 9.00.